The Balaban J connectivity index is 4.13. The van der Waals surface area contributed by atoms with Gasteiger partial charge in [-0.05, 0) is 6.42 Å². The van der Waals surface area contributed by atoms with E-state index in [1.165, 1.54) is 0 Å². The molecule has 2 atom stereocenters. The van der Waals surface area contributed by atoms with Crippen LogP contribution in [0.25, 0.3) is 0 Å². The van der Waals surface area contributed by atoms with Crippen LogP contribution in [0.2, 0.25) is 0 Å². The summed E-state index contributed by atoms with van der Waals surface area (Å²) in [6.07, 6.45) is 0.0861. The third kappa shape index (κ3) is 2.72. The molecule has 0 radical (unpaired) electrons. The lowest BCUT2D eigenvalue weighted by atomic mass is 9.94. The molecule has 0 saturated heterocycles. The average molecular weight is 157 g/mol. The lowest BCUT2D eigenvalue weighted by Crippen LogP contribution is -2.26. The van der Waals surface area contributed by atoms with Crippen molar-refractivity contribution in [1.29, 1.82) is 0 Å². The SMILES string of the molecule is C=C(C(N)=O)C(C)C(O)CC. The summed E-state index contributed by atoms with van der Waals surface area (Å²) in [5, 5.41) is 9.28. The summed E-state index contributed by atoms with van der Waals surface area (Å²) in [6.45, 7) is 7.07. The minimum absolute atomic E-state index is 0.238. The number of primary amides is 1. The monoisotopic (exact) mass is 157 g/mol. The van der Waals surface area contributed by atoms with Gasteiger partial charge in [-0.25, -0.2) is 0 Å². The molecule has 3 N–H and O–H groups in total. The Bertz CT molecular complexity index is 165. The maximum atomic E-state index is 10.6. The highest BCUT2D eigenvalue weighted by Crippen LogP contribution is 2.14. The highest BCUT2D eigenvalue weighted by atomic mass is 16.3. The fourth-order valence-corrected chi connectivity index (χ4v) is 0.810. The maximum Gasteiger partial charge on any atom is 0.244 e. The first kappa shape index (κ1) is 10.2. The Morgan fingerprint density at radius 3 is 2.45 bits per heavy atom. The number of rotatable bonds is 4. The van der Waals surface area contributed by atoms with Gasteiger partial charge in [0.2, 0.25) is 5.91 Å². The van der Waals surface area contributed by atoms with Crippen molar-refractivity contribution in [3.8, 4) is 0 Å². The molecule has 0 aromatic rings. The molecule has 0 aliphatic carbocycles. The van der Waals surface area contributed by atoms with E-state index in [0.29, 0.717) is 12.0 Å². The van der Waals surface area contributed by atoms with Crippen LogP contribution >= 0.6 is 0 Å². The van der Waals surface area contributed by atoms with Crippen molar-refractivity contribution in [1.82, 2.24) is 0 Å². The second kappa shape index (κ2) is 4.13. The van der Waals surface area contributed by atoms with Gasteiger partial charge in [0, 0.05) is 11.5 Å². The Labute approximate surface area is 66.9 Å². The second-order valence-electron chi connectivity index (χ2n) is 2.65. The Morgan fingerprint density at radius 2 is 2.18 bits per heavy atom. The van der Waals surface area contributed by atoms with Gasteiger partial charge in [0.1, 0.15) is 0 Å². The predicted molar refractivity (Wildman–Crippen MR) is 43.8 cm³/mol. The summed E-state index contributed by atoms with van der Waals surface area (Å²) in [5.74, 6) is -0.775. The number of carbonyl (C=O) groups is 1. The van der Waals surface area contributed by atoms with E-state index in [1.54, 1.807) is 6.92 Å². The molecule has 11 heavy (non-hydrogen) atoms. The Kier molecular flexibility index (Phi) is 3.82. The van der Waals surface area contributed by atoms with Gasteiger partial charge in [0.05, 0.1) is 6.10 Å². The first-order chi connectivity index (χ1) is 5.00. The van der Waals surface area contributed by atoms with Crippen molar-refractivity contribution in [2.75, 3.05) is 0 Å². The third-order valence-corrected chi connectivity index (χ3v) is 1.86. The van der Waals surface area contributed by atoms with Gasteiger partial charge < -0.3 is 10.8 Å². The van der Waals surface area contributed by atoms with Gasteiger partial charge in [-0.15, -0.1) is 0 Å². The standard InChI is InChI=1S/C8H15NO2/c1-4-7(10)5(2)6(3)8(9)11/h5,7,10H,3-4H2,1-2H3,(H2,9,11). The van der Waals surface area contributed by atoms with Crippen molar-refractivity contribution in [2.24, 2.45) is 11.7 Å². The van der Waals surface area contributed by atoms with Gasteiger partial charge in [0.25, 0.3) is 0 Å². The van der Waals surface area contributed by atoms with Gasteiger partial charge in [0.15, 0.2) is 0 Å². The van der Waals surface area contributed by atoms with E-state index >= 15 is 0 Å². The summed E-state index contributed by atoms with van der Waals surface area (Å²) < 4.78 is 0. The molecule has 0 spiro atoms. The van der Waals surface area contributed by atoms with Crippen LogP contribution in [-0.4, -0.2) is 17.1 Å². The van der Waals surface area contributed by atoms with Crippen LogP contribution < -0.4 is 5.73 Å². The number of carbonyl (C=O) groups excluding carboxylic acids is 1. The molecular weight excluding hydrogens is 142 g/mol. The van der Waals surface area contributed by atoms with Crippen LogP contribution in [0.15, 0.2) is 12.2 Å². The van der Waals surface area contributed by atoms with E-state index in [0.717, 1.165) is 0 Å². The second-order valence-corrected chi connectivity index (χ2v) is 2.65. The van der Waals surface area contributed by atoms with Crippen molar-refractivity contribution < 1.29 is 9.90 Å². The molecule has 0 aromatic heterocycles. The van der Waals surface area contributed by atoms with Gasteiger partial charge >= 0.3 is 0 Å². The Hall–Kier alpha value is -0.830. The number of aliphatic hydroxyl groups is 1. The van der Waals surface area contributed by atoms with Crippen LogP contribution in [0.4, 0.5) is 0 Å². The summed E-state index contributed by atoms with van der Waals surface area (Å²) in [7, 11) is 0. The van der Waals surface area contributed by atoms with E-state index in [1.807, 2.05) is 6.92 Å². The molecule has 0 aliphatic heterocycles. The van der Waals surface area contributed by atoms with Gasteiger partial charge in [-0.3, -0.25) is 4.79 Å². The van der Waals surface area contributed by atoms with Gasteiger partial charge in [-0.1, -0.05) is 20.4 Å². The molecule has 2 unspecified atom stereocenters. The molecule has 3 nitrogen and oxygen atoms in total. The normalized spacial score (nSPS) is 15.5. The minimum Gasteiger partial charge on any atom is -0.393 e. The Morgan fingerprint density at radius 1 is 1.73 bits per heavy atom. The van der Waals surface area contributed by atoms with Gasteiger partial charge in [-0.2, -0.15) is 0 Å². The molecule has 0 heterocycles. The fraction of sp³-hybridized carbons (Fsp3) is 0.625. The molecule has 0 bridgehead atoms. The summed E-state index contributed by atoms with van der Waals surface area (Å²) in [6, 6.07) is 0. The van der Waals surface area contributed by atoms with Crippen molar-refractivity contribution in [3.63, 3.8) is 0 Å². The van der Waals surface area contributed by atoms with Crippen LogP contribution in [0.1, 0.15) is 20.3 Å². The van der Waals surface area contributed by atoms with Crippen LogP contribution in [0.5, 0.6) is 0 Å². The number of hydrogen-bond acceptors (Lipinski definition) is 2. The average Bonchev–Trinajstić information content (AvgIpc) is 2.00. The first-order valence-electron chi connectivity index (χ1n) is 3.67. The van der Waals surface area contributed by atoms with Crippen molar-refractivity contribution >= 4 is 5.91 Å². The van der Waals surface area contributed by atoms with E-state index in [9.17, 15) is 9.90 Å². The molecule has 0 aromatic carbocycles. The van der Waals surface area contributed by atoms with E-state index in [4.69, 9.17) is 5.73 Å². The van der Waals surface area contributed by atoms with E-state index in [-0.39, 0.29) is 5.92 Å². The molecule has 0 saturated carbocycles. The first-order valence-corrected chi connectivity index (χ1v) is 3.67. The molecule has 64 valence electrons. The summed E-state index contributed by atoms with van der Waals surface area (Å²) in [5.41, 5.74) is 5.27. The lowest BCUT2D eigenvalue weighted by Gasteiger charge is -2.17. The largest absolute Gasteiger partial charge is 0.393 e. The van der Waals surface area contributed by atoms with Crippen LogP contribution in [-0.2, 0) is 4.79 Å². The zero-order chi connectivity index (χ0) is 9.02. The number of aliphatic hydroxyl groups excluding tert-OH is 1. The number of nitrogens with two attached hydrogens (primary N) is 1. The lowest BCUT2D eigenvalue weighted by molar-refractivity contribution is -0.115. The topological polar surface area (TPSA) is 63.3 Å². The molecule has 3 heteroatoms. The van der Waals surface area contributed by atoms with Crippen molar-refractivity contribution in [3.05, 3.63) is 12.2 Å². The van der Waals surface area contributed by atoms with E-state index < -0.39 is 12.0 Å². The van der Waals surface area contributed by atoms with Crippen molar-refractivity contribution in [2.45, 2.75) is 26.4 Å². The highest BCUT2D eigenvalue weighted by molar-refractivity contribution is 5.91. The summed E-state index contributed by atoms with van der Waals surface area (Å²) >= 11 is 0. The maximum absolute atomic E-state index is 10.6. The molecule has 0 aliphatic rings. The molecule has 0 rings (SSSR count). The highest BCUT2D eigenvalue weighted by Gasteiger charge is 2.18. The number of amides is 1. The molecular formula is C8H15NO2. The third-order valence-electron chi connectivity index (χ3n) is 1.86. The zero-order valence-corrected chi connectivity index (χ0v) is 7.00. The van der Waals surface area contributed by atoms with Crippen LogP contribution in [0, 0.1) is 5.92 Å². The fourth-order valence-electron chi connectivity index (χ4n) is 0.810. The van der Waals surface area contributed by atoms with E-state index in [2.05, 4.69) is 6.58 Å². The van der Waals surface area contributed by atoms with Crippen LogP contribution in [0.3, 0.4) is 0 Å². The molecule has 0 fully saturated rings. The minimum atomic E-state index is -0.537. The summed E-state index contributed by atoms with van der Waals surface area (Å²) in [4.78, 5) is 10.6. The number of hydrogen-bond donors (Lipinski definition) is 2. The zero-order valence-electron chi connectivity index (χ0n) is 7.00. The predicted octanol–water partition coefficient (Wildman–Crippen LogP) is 0.435. The smallest absolute Gasteiger partial charge is 0.244 e. The quantitative estimate of drug-likeness (QED) is 0.581. The molecule has 1 amide bonds.